The summed E-state index contributed by atoms with van der Waals surface area (Å²) < 4.78 is 0. The molecule has 2 unspecified atom stereocenters. The summed E-state index contributed by atoms with van der Waals surface area (Å²) in [6, 6.07) is 10.3. The summed E-state index contributed by atoms with van der Waals surface area (Å²) in [6.45, 7) is 2.29. The molecule has 86 valence electrons. The Balaban J connectivity index is 1.83. The molecule has 2 atom stereocenters. The molecule has 0 amide bonds. The molecule has 0 saturated carbocycles. The van der Waals surface area contributed by atoms with Crippen LogP contribution in [0.2, 0.25) is 0 Å². The first kappa shape index (κ1) is 10.2. The van der Waals surface area contributed by atoms with E-state index in [4.69, 9.17) is 0 Å². The van der Waals surface area contributed by atoms with Crippen LogP contribution in [0.1, 0.15) is 0 Å². The molecule has 2 aliphatic heterocycles. The van der Waals surface area contributed by atoms with Gasteiger partial charge in [0.1, 0.15) is 0 Å². The fourth-order valence-corrected chi connectivity index (χ4v) is 3.17. The Morgan fingerprint density at radius 2 is 2.00 bits per heavy atom. The maximum atomic E-state index is 4.14. The number of hydrogen-bond acceptors (Lipinski definition) is 2. The maximum Gasteiger partial charge on any atom is 0.0585 e. The molecule has 0 bridgehead atoms. The van der Waals surface area contributed by atoms with Gasteiger partial charge in [0.05, 0.1) is 6.04 Å². The number of nitrogens with one attached hydrogen (secondary N) is 1. The van der Waals surface area contributed by atoms with Crippen molar-refractivity contribution in [3.63, 3.8) is 0 Å². The second kappa shape index (κ2) is 3.28. The molecular formula is C13H18N2S. The maximum absolute atomic E-state index is 4.14. The van der Waals surface area contributed by atoms with E-state index in [1.54, 1.807) is 0 Å². The SMILES string of the molecule is C=S(=C)(C)c1ccc(N2CC3NCC32)cc1. The highest BCUT2D eigenvalue weighted by Crippen LogP contribution is 2.34. The molecule has 2 aliphatic rings. The number of benzene rings is 1. The van der Waals surface area contributed by atoms with Gasteiger partial charge in [-0.05, 0) is 35.4 Å². The van der Waals surface area contributed by atoms with E-state index < -0.39 is 9.21 Å². The van der Waals surface area contributed by atoms with Crippen molar-refractivity contribution in [1.82, 2.24) is 5.32 Å². The highest BCUT2D eigenvalue weighted by Gasteiger charge is 2.45. The third-order valence-electron chi connectivity index (χ3n) is 3.58. The molecule has 1 aromatic rings. The van der Waals surface area contributed by atoms with Gasteiger partial charge in [-0.2, -0.15) is 9.21 Å². The fourth-order valence-electron chi connectivity index (χ4n) is 2.38. The van der Waals surface area contributed by atoms with E-state index >= 15 is 0 Å². The van der Waals surface area contributed by atoms with Gasteiger partial charge in [-0.15, -0.1) is 0 Å². The fraction of sp³-hybridized carbons (Fsp3) is 0.385. The predicted octanol–water partition coefficient (Wildman–Crippen LogP) is 1.50. The van der Waals surface area contributed by atoms with E-state index in [0.717, 1.165) is 25.2 Å². The standard InChI is InChI=1S/C13H18N2S/c1-16(2,3)11-6-4-10(5-7-11)15-9-12-13(15)8-14-12/h4-7,12-14H,1-2,8-9H2,3H3. The van der Waals surface area contributed by atoms with Gasteiger partial charge in [0.2, 0.25) is 0 Å². The normalized spacial score (nSPS) is 27.9. The first-order valence-electron chi connectivity index (χ1n) is 5.60. The topological polar surface area (TPSA) is 15.3 Å². The average molecular weight is 234 g/mol. The molecular weight excluding hydrogens is 216 g/mol. The minimum Gasteiger partial charge on any atom is -0.364 e. The summed E-state index contributed by atoms with van der Waals surface area (Å²) >= 11 is 0. The minimum absolute atomic E-state index is 0.740. The number of anilines is 1. The monoisotopic (exact) mass is 234 g/mol. The van der Waals surface area contributed by atoms with Crippen LogP contribution in [0.15, 0.2) is 29.2 Å². The zero-order valence-corrected chi connectivity index (χ0v) is 10.5. The summed E-state index contributed by atoms with van der Waals surface area (Å²) in [7, 11) is -1.08. The first-order chi connectivity index (χ1) is 7.55. The van der Waals surface area contributed by atoms with Gasteiger partial charge in [0.25, 0.3) is 0 Å². The molecule has 2 fully saturated rings. The van der Waals surface area contributed by atoms with E-state index in [1.165, 1.54) is 10.6 Å². The van der Waals surface area contributed by atoms with Crippen LogP contribution >= 0.6 is 9.21 Å². The molecule has 1 aromatic carbocycles. The van der Waals surface area contributed by atoms with Crippen molar-refractivity contribution in [1.29, 1.82) is 0 Å². The average Bonchev–Trinajstić information content (AvgIpc) is 2.21. The minimum atomic E-state index is -1.08. The van der Waals surface area contributed by atoms with Gasteiger partial charge in [0, 0.05) is 24.8 Å². The number of piperazine rings is 1. The second-order valence-corrected chi connectivity index (χ2v) is 8.02. The van der Waals surface area contributed by atoms with Crippen LogP contribution < -0.4 is 10.2 Å². The molecule has 0 spiro atoms. The Morgan fingerprint density at radius 1 is 1.31 bits per heavy atom. The van der Waals surface area contributed by atoms with Gasteiger partial charge >= 0.3 is 0 Å². The third kappa shape index (κ3) is 1.46. The van der Waals surface area contributed by atoms with Crippen LogP contribution in [0.3, 0.4) is 0 Å². The zero-order chi connectivity index (χ0) is 11.3. The lowest BCUT2D eigenvalue weighted by Crippen LogP contribution is -2.78. The third-order valence-corrected chi connectivity index (χ3v) is 5.00. The van der Waals surface area contributed by atoms with E-state index in [1.807, 2.05) is 0 Å². The highest BCUT2D eigenvalue weighted by atomic mass is 32.2. The van der Waals surface area contributed by atoms with Crippen LogP contribution in [0, 0.1) is 0 Å². The Bertz CT molecular complexity index is 501. The predicted molar refractivity (Wildman–Crippen MR) is 75.4 cm³/mol. The van der Waals surface area contributed by atoms with Gasteiger partial charge in [-0.1, -0.05) is 11.7 Å². The van der Waals surface area contributed by atoms with Crippen molar-refractivity contribution in [3.8, 4) is 0 Å². The summed E-state index contributed by atoms with van der Waals surface area (Å²) in [4.78, 5) is 3.75. The number of fused-ring (bicyclic) bond motifs is 1. The quantitative estimate of drug-likeness (QED) is 0.780. The molecule has 2 nitrogen and oxygen atoms in total. The molecule has 1 N–H and O–H groups in total. The van der Waals surface area contributed by atoms with Crippen LogP contribution in [0.4, 0.5) is 5.69 Å². The van der Waals surface area contributed by atoms with Gasteiger partial charge in [0.15, 0.2) is 0 Å². The van der Waals surface area contributed by atoms with Crippen molar-refractivity contribution in [2.45, 2.75) is 17.0 Å². The van der Waals surface area contributed by atoms with Crippen molar-refractivity contribution >= 4 is 26.6 Å². The summed E-state index contributed by atoms with van der Waals surface area (Å²) in [5.74, 6) is 8.27. The lowest BCUT2D eigenvalue weighted by Gasteiger charge is -2.57. The summed E-state index contributed by atoms with van der Waals surface area (Å²) in [5.41, 5.74) is 1.34. The molecule has 0 aliphatic carbocycles. The van der Waals surface area contributed by atoms with E-state index in [9.17, 15) is 0 Å². The molecule has 16 heavy (non-hydrogen) atoms. The Labute approximate surface area is 97.8 Å². The molecule has 0 aromatic heterocycles. The van der Waals surface area contributed by atoms with Gasteiger partial charge < -0.3 is 10.2 Å². The Kier molecular flexibility index (Phi) is 2.10. The van der Waals surface area contributed by atoms with Crippen LogP contribution in [-0.4, -0.2) is 43.2 Å². The number of hydrogen-bond donors (Lipinski definition) is 1. The zero-order valence-electron chi connectivity index (χ0n) is 9.65. The molecule has 2 saturated heterocycles. The molecule has 2 heterocycles. The first-order valence-corrected chi connectivity index (χ1v) is 7.98. The van der Waals surface area contributed by atoms with E-state index in [-0.39, 0.29) is 0 Å². The van der Waals surface area contributed by atoms with E-state index in [0.29, 0.717) is 0 Å². The Hall–Kier alpha value is -0.930. The molecule has 3 rings (SSSR count). The van der Waals surface area contributed by atoms with Crippen LogP contribution in [0.25, 0.3) is 0 Å². The second-order valence-electron chi connectivity index (χ2n) is 5.00. The van der Waals surface area contributed by atoms with Gasteiger partial charge in [-0.3, -0.25) is 0 Å². The lowest BCUT2D eigenvalue weighted by molar-refractivity contribution is 0.213. The van der Waals surface area contributed by atoms with Gasteiger partial charge in [-0.25, -0.2) is 0 Å². The molecule has 0 radical (unpaired) electrons. The van der Waals surface area contributed by atoms with Crippen molar-refractivity contribution in [3.05, 3.63) is 24.3 Å². The molecule has 3 heteroatoms. The highest BCUT2D eigenvalue weighted by molar-refractivity contribution is 8.27. The van der Waals surface area contributed by atoms with Crippen molar-refractivity contribution < 1.29 is 0 Å². The number of nitrogens with zero attached hydrogens (tertiary/aromatic N) is 1. The van der Waals surface area contributed by atoms with Crippen molar-refractivity contribution in [2.24, 2.45) is 0 Å². The lowest BCUT2D eigenvalue weighted by atomic mass is 9.88. The van der Waals surface area contributed by atoms with Crippen LogP contribution in [-0.2, 0) is 0 Å². The summed E-state index contributed by atoms with van der Waals surface area (Å²) in [5, 5.41) is 3.42. The van der Waals surface area contributed by atoms with E-state index in [2.05, 4.69) is 52.5 Å². The summed E-state index contributed by atoms with van der Waals surface area (Å²) in [6.07, 6.45) is 2.12. The number of rotatable bonds is 2. The Morgan fingerprint density at radius 3 is 2.38 bits per heavy atom. The van der Waals surface area contributed by atoms with Crippen molar-refractivity contribution in [2.75, 3.05) is 24.2 Å². The van der Waals surface area contributed by atoms with Crippen LogP contribution in [0.5, 0.6) is 0 Å². The smallest absolute Gasteiger partial charge is 0.0585 e. The largest absolute Gasteiger partial charge is 0.364 e.